The van der Waals surface area contributed by atoms with Crippen molar-refractivity contribution in [2.75, 3.05) is 12.4 Å². The molecule has 1 N–H and O–H groups in total. The number of anilines is 1. The molecule has 0 atom stereocenters. The van der Waals surface area contributed by atoms with Crippen LogP contribution >= 0.6 is 34.8 Å². The van der Waals surface area contributed by atoms with Crippen LogP contribution in [0.1, 0.15) is 11.1 Å². The number of hydrogen-bond donors (Lipinski definition) is 1. The third-order valence-corrected chi connectivity index (χ3v) is 5.59. The van der Waals surface area contributed by atoms with E-state index >= 15 is 0 Å². The summed E-state index contributed by atoms with van der Waals surface area (Å²) in [5, 5.41) is 23.9. The molecule has 0 aliphatic heterocycles. The molecule has 0 spiro atoms. The lowest BCUT2D eigenvalue weighted by Gasteiger charge is -2.12. The Balaban J connectivity index is 1.79. The Morgan fingerprint density at radius 3 is 2.51 bits per heavy atom. The number of nitrogens with zero attached hydrogens (tertiary/aromatic N) is 2. The molecular formula is C24H16Cl3N3O5. The quantitative estimate of drug-likeness (QED) is 0.150. The monoisotopic (exact) mass is 531 g/mol. The van der Waals surface area contributed by atoms with E-state index < -0.39 is 10.8 Å². The highest BCUT2D eigenvalue weighted by Crippen LogP contribution is 2.31. The van der Waals surface area contributed by atoms with E-state index in [1.54, 1.807) is 36.4 Å². The number of ether oxygens (including phenoxy) is 2. The first-order valence-electron chi connectivity index (χ1n) is 9.83. The van der Waals surface area contributed by atoms with Crippen LogP contribution in [0.4, 0.5) is 11.4 Å². The normalized spacial score (nSPS) is 10.9. The van der Waals surface area contributed by atoms with E-state index in [1.807, 2.05) is 6.07 Å². The number of halogens is 3. The summed E-state index contributed by atoms with van der Waals surface area (Å²) in [6.45, 7) is 0.164. The fraction of sp³-hybridized carbons (Fsp3) is 0.0833. The van der Waals surface area contributed by atoms with Crippen LogP contribution in [-0.2, 0) is 11.4 Å². The molecule has 0 saturated heterocycles. The average molecular weight is 533 g/mol. The number of carbonyl (C=O) groups excluding carboxylic acids is 1. The Morgan fingerprint density at radius 1 is 1.09 bits per heavy atom. The second-order valence-corrected chi connectivity index (χ2v) is 8.23. The van der Waals surface area contributed by atoms with E-state index in [2.05, 4.69) is 5.32 Å². The lowest BCUT2D eigenvalue weighted by atomic mass is 10.1. The van der Waals surface area contributed by atoms with Gasteiger partial charge in [0.05, 0.1) is 22.7 Å². The zero-order chi connectivity index (χ0) is 25.5. The molecule has 0 unspecified atom stereocenters. The van der Waals surface area contributed by atoms with Crippen molar-refractivity contribution in [3.05, 3.63) is 96.5 Å². The van der Waals surface area contributed by atoms with Gasteiger partial charge in [-0.05, 0) is 42.0 Å². The van der Waals surface area contributed by atoms with Crippen molar-refractivity contribution < 1.29 is 19.2 Å². The highest BCUT2D eigenvalue weighted by Gasteiger charge is 2.16. The number of benzene rings is 3. The summed E-state index contributed by atoms with van der Waals surface area (Å²) in [6, 6.07) is 15.3. The minimum absolute atomic E-state index is 0.00852. The first-order valence-corrected chi connectivity index (χ1v) is 11.0. The Bertz CT molecular complexity index is 1370. The minimum atomic E-state index is -0.786. The molecule has 0 aromatic heterocycles. The highest BCUT2D eigenvalue weighted by molar-refractivity contribution is 6.35. The van der Waals surface area contributed by atoms with Crippen LogP contribution < -0.4 is 14.8 Å². The molecule has 3 aromatic rings. The molecule has 11 heteroatoms. The van der Waals surface area contributed by atoms with Gasteiger partial charge in [0.2, 0.25) is 0 Å². The minimum Gasteiger partial charge on any atom is -0.493 e. The SMILES string of the molecule is COc1cc(/C=C(\C#N)C(=O)Nc2cc([N+](=O)[O-])ccc2Cl)ccc1OCc1ccc(Cl)cc1Cl. The number of nitro groups is 1. The van der Waals surface area contributed by atoms with Crippen LogP contribution in [0.3, 0.4) is 0 Å². The number of hydrogen-bond acceptors (Lipinski definition) is 6. The zero-order valence-corrected chi connectivity index (χ0v) is 20.3. The molecular weight excluding hydrogens is 517 g/mol. The highest BCUT2D eigenvalue weighted by atomic mass is 35.5. The van der Waals surface area contributed by atoms with Crippen molar-refractivity contribution in [1.29, 1.82) is 5.26 Å². The molecule has 0 radical (unpaired) electrons. The van der Waals surface area contributed by atoms with E-state index in [-0.39, 0.29) is 28.6 Å². The maximum absolute atomic E-state index is 12.6. The summed E-state index contributed by atoms with van der Waals surface area (Å²) in [5.74, 6) is -0.00293. The van der Waals surface area contributed by atoms with Crippen LogP contribution in [0.2, 0.25) is 15.1 Å². The van der Waals surface area contributed by atoms with Gasteiger partial charge in [-0.1, -0.05) is 46.9 Å². The summed E-state index contributed by atoms with van der Waals surface area (Å²) in [4.78, 5) is 23.0. The van der Waals surface area contributed by atoms with Gasteiger partial charge in [-0.25, -0.2) is 0 Å². The molecule has 35 heavy (non-hydrogen) atoms. The molecule has 3 aromatic carbocycles. The van der Waals surface area contributed by atoms with Gasteiger partial charge in [0.15, 0.2) is 11.5 Å². The first kappa shape index (κ1) is 25.8. The second-order valence-electron chi connectivity index (χ2n) is 6.98. The number of amides is 1. The average Bonchev–Trinajstić information content (AvgIpc) is 2.83. The van der Waals surface area contributed by atoms with Gasteiger partial charge in [-0.3, -0.25) is 14.9 Å². The Kier molecular flexibility index (Phi) is 8.55. The van der Waals surface area contributed by atoms with Gasteiger partial charge >= 0.3 is 0 Å². The predicted octanol–water partition coefficient (Wildman–Crippen LogP) is 6.69. The van der Waals surface area contributed by atoms with E-state index in [4.69, 9.17) is 44.3 Å². The summed E-state index contributed by atoms with van der Waals surface area (Å²) < 4.78 is 11.2. The van der Waals surface area contributed by atoms with Crippen molar-refractivity contribution in [3.63, 3.8) is 0 Å². The third-order valence-electron chi connectivity index (χ3n) is 4.67. The molecule has 3 rings (SSSR count). The van der Waals surface area contributed by atoms with Crippen molar-refractivity contribution in [2.24, 2.45) is 0 Å². The molecule has 0 aliphatic rings. The van der Waals surface area contributed by atoms with Gasteiger partial charge in [-0.2, -0.15) is 5.26 Å². The molecule has 178 valence electrons. The van der Waals surface area contributed by atoms with Crippen LogP contribution in [0.5, 0.6) is 11.5 Å². The van der Waals surface area contributed by atoms with Crippen LogP contribution in [-0.4, -0.2) is 17.9 Å². The lowest BCUT2D eigenvalue weighted by molar-refractivity contribution is -0.384. The van der Waals surface area contributed by atoms with Crippen molar-refractivity contribution >= 4 is 58.2 Å². The predicted molar refractivity (Wildman–Crippen MR) is 134 cm³/mol. The summed E-state index contributed by atoms with van der Waals surface area (Å²) >= 11 is 18.1. The van der Waals surface area contributed by atoms with Gasteiger partial charge in [-0.15, -0.1) is 0 Å². The van der Waals surface area contributed by atoms with Gasteiger partial charge in [0.25, 0.3) is 11.6 Å². The number of nitro benzene ring substituents is 1. The Morgan fingerprint density at radius 2 is 1.86 bits per heavy atom. The van der Waals surface area contributed by atoms with Gasteiger partial charge in [0.1, 0.15) is 18.2 Å². The van der Waals surface area contributed by atoms with Crippen molar-refractivity contribution in [2.45, 2.75) is 6.61 Å². The maximum atomic E-state index is 12.6. The molecule has 0 heterocycles. The largest absolute Gasteiger partial charge is 0.493 e. The number of methoxy groups -OCH3 is 1. The summed E-state index contributed by atoms with van der Waals surface area (Å²) in [6.07, 6.45) is 1.34. The molecule has 0 saturated carbocycles. The molecule has 1 amide bonds. The fourth-order valence-corrected chi connectivity index (χ4v) is 3.54. The molecule has 8 nitrogen and oxygen atoms in total. The fourth-order valence-electron chi connectivity index (χ4n) is 2.91. The number of carbonyl (C=O) groups is 1. The number of rotatable bonds is 8. The van der Waals surface area contributed by atoms with E-state index in [9.17, 15) is 20.2 Å². The third kappa shape index (κ3) is 6.64. The van der Waals surface area contributed by atoms with E-state index in [0.29, 0.717) is 27.1 Å². The van der Waals surface area contributed by atoms with Crippen molar-refractivity contribution in [1.82, 2.24) is 0 Å². The molecule has 0 bridgehead atoms. The van der Waals surface area contributed by atoms with Gasteiger partial charge < -0.3 is 14.8 Å². The van der Waals surface area contributed by atoms with Crippen LogP contribution in [0, 0.1) is 21.4 Å². The first-order chi connectivity index (χ1) is 16.7. The molecule has 0 fully saturated rings. The zero-order valence-electron chi connectivity index (χ0n) is 18.1. The Hall–Kier alpha value is -3.77. The smallest absolute Gasteiger partial charge is 0.271 e. The van der Waals surface area contributed by atoms with Crippen LogP contribution in [0.25, 0.3) is 6.08 Å². The van der Waals surface area contributed by atoms with E-state index in [0.717, 1.165) is 11.6 Å². The van der Waals surface area contributed by atoms with Gasteiger partial charge in [0, 0.05) is 27.7 Å². The summed E-state index contributed by atoms with van der Waals surface area (Å²) in [5.41, 5.74) is 0.707. The Labute approximate surface area is 215 Å². The topological polar surface area (TPSA) is 114 Å². The summed E-state index contributed by atoms with van der Waals surface area (Å²) in [7, 11) is 1.45. The maximum Gasteiger partial charge on any atom is 0.271 e. The standard InChI is InChI=1S/C24H16Cl3N3O5/c1-34-23-9-14(2-7-22(23)35-13-15-3-4-17(25)10-20(15)27)8-16(12-28)24(31)29-21-11-18(30(32)33)5-6-19(21)26/h2-11H,13H2,1H3,(H,29,31)/b16-8+. The number of nitrogens with one attached hydrogen (secondary N) is 1. The lowest BCUT2D eigenvalue weighted by Crippen LogP contribution is -2.14. The molecule has 0 aliphatic carbocycles. The second kappa shape index (κ2) is 11.6. The van der Waals surface area contributed by atoms with Crippen molar-refractivity contribution in [3.8, 4) is 17.6 Å². The number of non-ortho nitro benzene ring substituents is 1. The van der Waals surface area contributed by atoms with E-state index in [1.165, 1.54) is 25.3 Å². The van der Waals surface area contributed by atoms with Crippen LogP contribution in [0.15, 0.2) is 60.2 Å². The number of nitriles is 1.